The number of hydrogen-bond donors (Lipinski definition) is 2. The summed E-state index contributed by atoms with van der Waals surface area (Å²) in [5.74, 6) is -2.35. The zero-order chi connectivity index (χ0) is 17.9. The maximum Gasteiger partial charge on any atom is 0.332 e. The van der Waals surface area contributed by atoms with E-state index in [1.807, 2.05) is 0 Å². The molecule has 0 atom stereocenters. The van der Waals surface area contributed by atoms with Gasteiger partial charge in [0.15, 0.2) is 0 Å². The first-order valence-corrected chi connectivity index (χ1v) is 7.58. The highest BCUT2D eigenvalue weighted by molar-refractivity contribution is 5.94. The van der Waals surface area contributed by atoms with Gasteiger partial charge in [-0.25, -0.2) is 9.80 Å². The van der Waals surface area contributed by atoms with Crippen LogP contribution in [0.25, 0.3) is 0 Å². The van der Waals surface area contributed by atoms with E-state index in [1.165, 1.54) is 13.0 Å². The molecule has 1 rings (SSSR count). The Morgan fingerprint density at radius 1 is 1.33 bits per heavy atom. The Morgan fingerprint density at radius 3 is 2.58 bits per heavy atom. The molecule has 2 N–H and O–H groups in total. The molecule has 24 heavy (non-hydrogen) atoms. The van der Waals surface area contributed by atoms with Crippen molar-refractivity contribution in [1.29, 1.82) is 0 Å². The van der Waals surface area contributed by atoms with Crippen LogP contribution in [0.4, 0.5) is 0 Å². The van der Waals surface area contributed by atoms with Crippen molar-refractivity contribution < 1.29 is 24.2 Å². The molecule has 8 heteroatoms. The fourth-order valence-electron chi connectivity index (χ4n) is 1.93. The third-order valence-corrected chi connectivity index (χ3v) is 3.29. The molecule has 2 amide bonds. The number of morpholine rings is 1. The van der Waals surface area contributed by atoms with Crippen LogP contribution in [0.3, 0.4) is 0 Å². The summed E-state index contributed by atoms with van der Waals surface area (Å²) in [6.45, 7) is 8.64. The van der Waals surface area contributed by atoms with E-state index < -0.39 is 17.8 Å². The first-order chi connectivity index (χ1) is 11.4. The first kappa shape index (κ1) is 19.6. The highest BCUT2D eigenvalue weighted by Gasteiger charge is 2.12. The SMILES string of the molecule is C=CC(=O)N(C=C(C)C(=O)O)NC(=O)C=CCCN1CCOCC1. The standard InChI is InChI=1S/C16H23N3O5/c1-3-15(21)19(12-13(2)16(22)23)17-14(20)6-4-5-7-18-8-10-24-11-9-18/h3-4,6,12H,1,5,7-11H2,2H3,(H,17,20)(H,22,23). The number of rotatable bonds is 7. The first-order valence-electron chi connectivity index (χ1n) is 7.58. The van der Waals surface area contributed by atoms with Gasteiger partial charge in [0, 0.05) is 31.9 Å². The second-order valence-electron chi connectivity index (χ2n) is 5.15. The lowest BCUT2D eigenvalue weighted by atomic mass is 10.3. The zero-order valence-electron chi connectivity index (χ0n) is 13.7. The van der Waals surface area contributed by atoms with E-state index in [9.17, 15) is 14.4 Å². The van der Waals surface area contributed by atoms with E-state index in [0.29, 0.717) is 6.42 Å². The van der Waals surface area contributed by atoms with Gasteiger partial charge in [0.05, 0.1) is 18.8 Å². The minimum Gasteiger partial charge on any atom is -0.478 e. The fourth-order valence-corrected chi connectivity index (χ4v) is 1.93. The Balaban J connectivity index is 2.50. The van der Waals surface area contributed by atoms with Crippen LogP contribution in [0.2, 0.25) is 0 Å². The van der Waals surface area contributed by atoms with Gasteiger partial charge in [-0.1, -0.05) is 12.7 Å². The van der Waals surface area contributed by atoms with Gasteiger partial charge < -0.3 is 9.84 Å². The van der Waals surface area contributed by atoms with E-state index in [-0.39, 0.29) is 5.57 Å². The Hall–Kier alpha value is -2.45. The van der Waals surface area contributed by atoms with Crippen molar-refractivity contribution in [3.63, 3.8) is 0 Å². The van der Waals surface area contributed by atoms with Gasteiger partial charge in [-0.05, 0) is 19.4 Å². The monoisotopic (exact) mass is 337 g/mol. The minimum atomic E-state index is -1.19. The Kier molecular flexibility index (Phi) is 8.45. The van der Waals surface area contributed by atoms with Crippen LogP contribution in [0.5, 0.6) is 0 Å². The second-order valence-corrected chi connectivity index (χ2v) is 5.15. The lowest BCUT2D eigenvalue weighted by molar-refractivity contribution is -0.134. The number of carboxylic acids is 1. The summed E-state index contributed by atoms with van der Waals surface area (Å²) < 4.78 is 5.25. The quantitative estimate of drug-likeness (QED) is 0.512. The molecule has 0 aromatic rings. The van der Waals surface area contributed by atoms with Gasteiger partial charge in [-0.3, -0.25) is 19.9 Å². The number of aliphatic carboxylic acids is 1. The van der Waals surface area contributed by atoms with Gasteiger partial charge in [-0.2, -0.15) is 0 Å². The molecule has 0 aromatic heterocycles. The lowest BCUT2D eigenvalue weighted by Crippen LogP contribution is -2.41. The minimum absolute atomic E-state index is 0.0956. The van der Waals surface area contributed by atoms with Crippen LogP contribution in [0.15, 0.2) is 36.6 Å². The van der Waals surface area contributed by atoms with Crippen molar-refractivity contribution in [2.45, 2.75) is 13.3 Å². The number of nitrogens with zero attached hydrogens (tertiary/aromatic N) is 2. The highest BCUT2D eigenvalue weighted by atomic mass is 16.5. The van der Waals surface area contributed by atoms with E-state index in [2.05, 4.69) is 16.9 Å². The third-order valence-electron chi connectivity index (χ3n) is 3.29. The van der Waals surface area contributed by atoms with Gasteiger partial charge >= 0.3 is 5.97 Å². The topological polar surface area (TPSA) is 99.2 Å². The molecule has 0 spiro atoms. The molecule has 1 aliphatic rings. The van der Waals surface area contributed by atoms with Gasteiger partial charge in [0.25, 0.3) is 11.8 Å². The number of carbonyl (C=O) groups excluding carboxylic acids is 2. The summed E-state index contributed by atoms with van der Waals surface area (Å²) in [6.07, 6.45) is 5.72. The second kappa shape index (κ2) is 10.3. The van der Waals surface area contributed by atoms with E-state index in [4.69, 9.17) is 9.84 Å². The molecule has 1 fully saturated rings. The van der Waals surface area contributed by atoms with Crippen molar-refractivity contribution in [3.05, 3.63) is 36.6 Å². The van der Waals surface area contributed by atoms with Crippen molar-refractivity contribution in [1.82, 2.24) is 15.3 Å². The maximum absolute atomic E-state index is 11.8. The molecule has 0 saturated carbocycles. The van der Waals surface area contributed by atoms with Crippen molar-refractivity contribution in [3.8, 4) is 0 Å². The number of amides is 2. The lowest BCUT2D eigenvalue weighted by Gasteiger charge is -2.25. The average molecular weight is 337 g/mol. The van der Waals surface area contributed by atoms with Crippen LogP contribution in [0, 0.1) is 0 Å². The number of ether oxygens (including phenoxy) is 1. The number of hydrazine groups is 1. The Bertz CT molecular complexity index is 536. The molecule has 0 radical (unpaired) electrons. The third kappa shape index (κ3) is 7.21. The number of carboxylic acid groups (broad SMARTS) is 1. The molecule has 0 unspecified atom stereocenters. The molecule has 1 aliphatic heterocycles. The van der Waals surface area contributed by atoms with Crippen LogP contribution >= 0.6 is 0 Å². The molecule has 0 bridgehead atoms. The summed E-state index contributed by atoms with van der Waals surface area (Å²) >= 11 is 0. The molecule has 0 aliphatic carbocycles. The largest absolute Gasteiger partial charge is 0.478 e. The predicted molar refractivity (Wildman–Crippen MR) is 87.6 cm³/mol. The number of carbonyl (C=O) groups is 3. The summed E-state index contributed by atoms with van der Waals surface area (Å²) in [4.78, 5) is 36.5. The normalized spacial score (nSPS) is 16.0. The van der Waals surface area contributed by atoms with E-state index in [0.717, 1.165) is 50.1 Å². The number of nitrogens with one attached hydrogen (secondary N) is 1. The molecule has 1 heterocycles. The predicted octanol–water partition coefficient (Wildman–Crippen LogP) is 0.299. The summed E-state index contributed by atoms with van der Waals surface area (Å²) in [5, 5.41) is 9.64. The zero-order valence-corrected chi connectivity index (χ0v) is 13.7. The van der Waals surface area contributed by atoms with E-state index in [1.54, 1.807) is 6.08 Å². The number of hydrogen-bond acceptors (Lipinski definition) is 5. The van der Waals surface area contributed by atoms with Crippen molar-refractivity contribution in [2.24, 2.45) is 0 Å². The molecule has 132 valence electrons. The summed E-state index contributed by atoms with van der Waals surface area (Å²) in [7, 11) is 0. The molecule has 1 saturated heterocycles. The van der Waals surface area contributed by atoms with Gasteiger partial charge in [-0.15, -0.1) is 0 Å². The van der Waals surface area contributed by atoms with E-state index >= 15 is 0 Å². The molecule has 0 aromatic carbocycles. The maximum atomic E-state index is 11.8. The molecular formula is C16H23N3O5. The van der Waals surface area contributed by atoms with Crippen LogP contribution in [0.1, 0.15) is 13.3 Å². The smallest absolute Gasteiger partial charge is 0.332 e. The van der Waals surface area contributed by atoms with Gasteiger partial charge in [0.1, 0.15) is 0 Å². The summed E-state index contributed by atoms with van der Waals surface area (Å²) in [6, 6.07) is 0. The Labute approximate surface area is 141 Å². The van der Waals surface area contributed by atoms with Crippen molar-refractivity contribution in [2.75, 3.05) is 32.8 Å². The fraction of sp³-hybridized carbons (Fsp3) is 0.438. The summed E-state index contributed by atoms with van der Waals surface area (Å²) in [5.41, 5.74) is 2.21. The van der Waals surface area contributed by atoms with Crippen LogP contribution in [-0.2, 0) is 19.1 Å². The Morgan fingerprint density at radius 2 is 2.00 bits per heavy atom. The molecular weight excluding hydrogens is 314 g/mol. The van der Waals surface area contributed by atoms with Crippen LogP contribution in [-0.4, -0.2) is 65.6 Å². The molecule has 8 nitrogen and oxygen atoms in total. The average Bonchev–Trinajstić information content (AvgIpc) is 2.58. The van der Waals surface area contributed by atoms with Crippen molar-refractivity contribution >= 4 is 17.8 Å². The van der Waals surface area contributed by atoms with Gasteiger partial charge in [0.2, 0.25) is 0 Å². The van der Waals surface area contributed by atoms with Crippen LogP contribution < -0.4 is 5.43 Å². The highest BCUT2D eigenvalue weighted by Crippen LogP contribution is 2.00.